The van der Waals surface area contributed by atoms with Gasteiger partial charge in [-0.1, -0.05) is 0 Å². The van der Waals surface area contributed by atoms with Gasteiger partial charge in [-0.15, -0.1) is 0 Å². The van der Waals surface area contributed by atoms with Gasteiger partial charge in [0.1, 0.15) is 10.7 Å². The molecule has 1 saturated heterocycles. The molecular weight excluding hydrogens is 297 g/mol. The van der Waals surface area contributed by atoms with Crippen molar-refractivity contribution in [2.24, 2.45) is 11.7 Å². The molecule has 116 valence electrons. The van der Waals surface area contributed by atoms with Gasteiger partial charge in [0, 0.05) is 19.5 Å². The first-order valence-electron chi connectivity index (χ1n) is 6.64. The number of nitrogens with two attached hydrogens (primary N) is 2. The molecule has 8 heteroatoms. The zero-order valence-electron chi connectivity index (χ0n) is 11.5. The van der Waals surface area contributed by atoms with Crippen LogP contribution in [0, 0.1) is 11.7 Å². The van der Waals surface area contributed by atoms with Gasteiger partial charge in [-0.2, -0.15) is 4.31 Å². The number of amides is 1. The number of carbonyl (C=O) groups is 1. The number of piperidine rings is 1. The fraction of sp³-hybridized carbons (Fsp3) is 0.462. The van der Waals surface area contributed by atoms with Crippen LogP contribution in [0.1, 0.15) is 19.3 Å². The van der Waals surface area contributed by atoms with Gasteiger partial charge in [0.25, 0.3) is 0 Å². The highest BCUT2D eigenvalue weighted by atomic mass is 32.2. The minimum Gasteiger partial charge on any atom is -0.398 e. The molecule has 0 aromatic heterocycles. The lowest BCUT2D eigenvalue weighted by Gasteiger charge is -2.31. The van der Waals surface area contributed by atoms with E-state index in [0.717, 1.165) is 12.1 Å². The molecule has 1 fully saturated rings. The molecule has 1 aromatic carbocycles. The molecule has 6 nitrogen and oxygen atoms in total. The lowest BCUT2D eigenvalue weighted by molar-refractivity contribution is -0.119. The summed E-state index contributed by atoms with van der Waals surface area (Å²) in [5, 5.41) is 0. The van der Waals surface area contributed by atoms with E-state index in [1.807, 2.05) is 0 Å². The fourth-order valence-corrected chi connectivity index (χ4v) is 4.11. The number of anilines is 1. The Morgan fingerprint density at radius 3 is 2.52 bits per heavy atom. The first-order valence-corrected chi connectivity index (χ1v) is 8.08. The Kier molecular flexibility index (Phi) is 4.48. The van der Waals surface area contributed by atoms with Crippen LogP contribution < -0.4 is 11.5 Å². The standard InChI is InChI=1S/C13H18FN3O3S/c14-10-1-2-11(15)12(8-10)21(19,20)17-5-3-9(4-6-17)7-13(16)18/h1-2,8-9H,3-7,15H2,(H2,16,18). The van der Waals surface area contributed by atoms with Gasteiger partial charge in [-0.3, -0.25) is 4.79 Å². The Hall–Kier alpha value is -1.67. The Bertz CT molecular complexity index is 640. The third kappa shape index (κ3) is 3.51. The van der Waals surface area contributed by atoms with Crippen LogP contribution in [0.25, 0.3) is 0 Å². The van der Waals surface area contributed by atoms with E-state index in [-0.39, 0.29) is 41.9 Å². The van der Waals surface area contributed by atoms with E-state index in [4.69, 9.17) is 11.5 Å². The third-order valence-corrected chi connectivity index (χ3v) is 5.61. The lowest BCUT2D eigenvalue weighted by atomic mass is 9.94. The van der Waals surface area contributed by atoms with Crippen LogP contribution in [-0.4, -0.2) is 31.7 Å². The van der Waals surface area contributed by atoms with Crippen molar-refractivity contribution >= 4 is 21.6 Å². The van der Waals surface area contributed by atoms with Crippen molar-refractivity contribution in [1.82, 2.24) is 4.31 Å². The van der Waals surface area contributed by atoms with Crippen molar-refractivity contribution in [3.63, 3.8) is 0 Å². The van der Waals surface area contributed by atoms with Crippen LogP contribution in [0.2, 0.25) is 0 Å². The molecule has 2 rings (SSSR count). The zero-order valence-corrected chi connectivity index (χ0v) is 12.3. The highest BCUT2D eigenvalue weighted by Crippen LogP contribution is 2.28. The van der Waals surface area contributed by atoms with Gasteiger partial charge in [0.05, 0.1) is 5.69 Å². The van der Waals surface area contributed by atoms with Crippen LogP contribution in [0.4, 0.5) is 10.1 Å². The predicted molar refractivity (Wildman–Crippen MR) is 76.1 cm³/mol. The van der Waals surface area contributed by atoms with E-state index in [0.29, 0.717) is 12.8 Å². The van der Waals surface area contributed by atoms with E-state index < -0.39 is 15.8 Å². The topological polar surface area (TPSA) is 106 Å². The molecule has 0 spiro atoms. The van der Waals surface area contributed by atoms with E-state index in [1.165, 1.54) is 10.4 Å². The van der Waals surface area contributed by atoms with Crippen molar-refractivity contribution in [3.8, 4) is 0 Å². The molecule has 0 saturated carbocycles. The average Bonchev–Trinajstić information content (AvgIpc) is 2.41. The van der Waals surface area contributed by atoms with E-state index in [2.05, 4.69) is 0 Å². The second kappa shape index (κ2) is 5.98. The number of benzene rings is 1. The summed E-state index contributed by atoms with van der Waals surface area (Å²) in [7, 11) is -3.81. The second-order valence-electron chi connectivity index (χ2n) is 5.20. The third-order valence-electron chi connectivity index (χ3n) is 3.66. The Morgan fingerprint density at radius 1 is 1.33 bits per heavy atom. The molecule has 1 aliphatic rings. The number of rotatable bonds is 4. The average molecular weight is 315 g/mol. The maximum Gasteiger partial charge on any atom is 0.245 e. The number of halogens is 1. The van der Waals surface area contributed by atoms with E-state index >= 15 is 0 Å². The largest absolute Gasteiger partial charge is 0.398 e. The van der Waals surface area contributed by atoms with Gasteiger partial charge in [0.2, 0.25) is 15.9 Å². The van der Waals surface area contributed by atoms with Crippen LogP contribution in [-0.2, 0) is 14.8 Å². The van der Waals surface area contributed by atoms with Gasteiger partial charge in [0.15, 0.2) is 0 Å². The molecule has 21 heavy (non-hydrogen) atoms. The summed E-state index contributed by atoms with van der Waals surface area (Å²) in [4.78, 5) is 10.7. The number of primary amides is 1. The number of nitrogen functional groups attached to an aromatic ring is 1. The Morgan fingerprint density at radius 2 is 1.95 bits per heavy atom. The minimum absolute atomic E-state index is 0.0238. The van der Waals surface area contributed by atoms with Crippen LogP contribution >= 0.6 is 0 Å². The number of carbonyl (C=O) groups excluding carboxylic acids is 1. The number of sulfonamides is 1. The van der Waals surface area contributed by atoms with Gasteiger partial charge in [-0.05, 0) is 37.0 Å². The molecule has 0 bridgehead atoms. The molecular formula is C13H18FN3O3S. The van der Waals surface area contributed by atoms with Crippen LogP contribution in [0.5, 0.6) is 0 Å². The fourth-order valence-electron chi connectivity index (χ4n) is 2.51. The monoisotopic (exact) mass is 315 g/mol. The number of hydrogen-bond donors (Lipinski definition) is 2. The van der Waals surface area contributed by atoms with E-state index in [1.54, 1.807) is 0 Å². The predicted octanol–water partition coefficient (Wildman–Crippen LogP) is 0.684. The maximum absolute atomic E-state index is 13.3. The summed E-state index contributed by atoms with van der Waals surface area (Å²) in [5.74, 6) is -0.934. The summed E-state index contributed by atoms with van der Waals surface area (Å²) in [5.41, 5.74) is 10.8. The molecule has 1 heterocycles. The Labute approximate surface area is 123 Å². The van der Waals surface area contributed by atoms with Crippen molar-refractivity contribution in [3.05, 3.63) is 24.0 Å². The van der Waals surface area contributed by atoms with Crippen molar-refractivity contribution in [1.29, 1.82) is 0 Å². The molecule has 0 unspecified atom stereocenters. The van der Waals surface area contributed by atoms with Crippen molar-refractivity contribution in [2.45, 2.75) is 24.2 Å². The summed E-state index contributed by atoms with van der Waals surface area (Å²) >= 11 is 0. The highest BCUT2D eigenvalue weighted by Gasteiger charge is 2.31. The maximum atomic E-state index is 13.3. The van der Waals surface area contributed by atoms with E-state index in [9.17, 15) is 17.6 Å². The van der Waals surface area contributed by atoms with Crippen molar-refractivity contribution < 1.29 is 17.6 Å². The first kappa shape index (κ1) is 15.7. The molecule has 0 radical (unpaired) electrons. The summed E-state index contributed by atoms with van der Waals surface area (Å²) in [6.45, 7) is 0.548. The Balaban J connectivity index is 2.15. The second-order valence-corrected chi connectivity index (χ2v) is 7.11. The number of hydrogen-bond acceptors (Lipinski definition) is 4. The van der Waals surface area contributed by atoms with Gasteiger partial charge >= 0.3 is 0 Å². The highest BCUT2D eigenvalue weighted by molar-refractivity contribution is 7.89. The first-order chi connectivity index (χ1) is 9.80. The number of nitrogens with zero attached hydrogens (tertiary/aromatic N) is 1. The van der Waals surface area contributed by atoms with Gasteiger partial charge < -0.3 is 11.5 Å². The molecule has 0 aliphatic carbocycles. The summed E-state index contributed by atoms with van der Waals surface area (Å²) in [6, 6.07) is 3.29. The van der Waals surface area contributed by atoms with Crippen LogP contribution in [0.15, 0.2) is 23.1 Å². The minimum atomic E-state index is -3.81. The van der Waals surface area contributed by atoms with Gasteiger partial charge in [-0.25, -0.2) is 12.8 Å². The molecule has 1 aliphatic heterocycles. The summed E-state index contributed by atoms with van der Waals surface area (Å²) in [6.07, 6.45) is 1.37. The molecule has 0 atom stereocenters. The molecule has 1 aromatic rings. The quantitative estimate of drug-likeness (QED) is 0.797. The smallest absolute Gasteiger partial charge is 0.245 e. The normalized spacial score (nSPS) is 17.8. The lowest BCUT2D eigenvalue weighted by Crippen LogP contribution is -2.39. The molecule has 4 N–H and O–H groups in total. The SMILES string of the molecule is NC(=O)CC1CCN(S(=O)(=O)c2cc(F)ccc2N)CC1. The van der Waals surface area contributed by atoms with Crippen molar-refractivity contribution in [2.75, 3.05) is 18.8 Å². The van der Waals surface area contributed by atoms with Crippen LogP contribution in [0.3, 0.4) is 0 Å². The molecule has 1 amide bonds. The zero-order chi connectivity index (χ0) is 15.6. The summed E-state index contributed by atoms with van der Waals surface area (Å²) < 4.78 is 39.5.